The van der Waals surface area contributed by atoms with Gasteiger partial charge in [0.2, 0.25) is 5.91 Å². The van der Waals surface area contributed by atoms with E-state index in [0.717, 1.165) is 56.5 Å². The number of carbonyl (C=O) groups is 2. The molecule has 1 unspecified atom stereocenters. The van der Waals surface area contributed by atoms with Gasteiger partial charge in [-0.05, 0) is 64.9 Å². The minimum absolute atomic E-state index is 0.0761. The number of quaternary nitrogens is 1. The van der Waals surface area contributed by atoms with Crippen LogP contribution in [0.2, 0.25) is 0 Å². The molecule has 3 rings (SSSR count). The lowest BCUT2D eigenvalue weighted by Crippen LogP contribution is -2.47. The second-order valence-electron chi connectivity index (χ2n) is 12.1. The van der Waals surface area contributed by atoms with Gasteiger partial charge in [-0.3, -0.25) is 14.4 Å². The minimum atomic E-state index is -0.510. The second-order valence-corrected chi connectivity index (χ2v) is 12.1. The number of nitrogens with one attached hydrogen (secondary N) is 1. The zero-order chi connectivity index (χ0) is 26.2. The Morgan fingerprint density at radius 2 is 1.94 bits per heavy atom. The molecule has 1 saturated heterocycles. The standard InChI is InChI=1S/C27H46N5O3/c1-10-26(11-2)19-27(31(7)23(26)33)14-12-20(13-15-27)22-21(18-28-29-22)32(8,9)17-16-30(6)24(34)35-25(3,4)5/h12,18H,10-11,13-17,19H2,1-9H3,(H,28,29)/q+1. The summed E-state index contributed by atoms with van der Waals surface area (Å²) < 4.78 is 6.08. The molecule has 0 saturated carbocycles. The molecule has 0 radical (unpaired) electrons. The van der Waals surface area contributed by atoms with Crippen LogP contribution in [-0.4, -0.2) is 84.4 Å². The lowest BCUT2D eigenvalue weighted by molar-refractivity contribution is -0.137. The topological polar surface area (TPSA) is 78.5 Å². The maximum Gasteiger partial charge on any atom is 0.410 e. The van der Waals surface area contributed by atoms with Gasteiger partial charge in [-0.2, -0.15) is 5.10 Å². The highest BCUT2D eigenvalue weighted by Crippen LogP contribution is 2.52. The predicted octanol–water partition coefficient (Wildman–Crippen LogP) is 4.82. The van der Waals surface area contributed by atoms with Crippen molar-refractivity contribution in [2.45, 2.75) is 84.3 Å². The van der Waals surface area contributed by atoms with Crippen LogP contribution in [0.15, 0.2) is 12.3 Å². The monoisotopic (exact) mass is 488 g/mol. The number of carbonyl (C=O) groups excluding carboxylic acids is 2. The van der Waals surface area contributed by atoms with Crippen LogP contribution in [-0.2, 0) is 9.53 Å². The summed E-state index contributed by atoms with van der Waals surface area (Å²) in [6.07, 6.45) is 9.41. The van der Waals surface area contributed by atoms with Crippen molar-refractivity contribution >= 4 is 23.3 Å². The number of likely N-dealkylation sites (tertiary alicyclic amines) is 1. The number of rotatable bonds is 7. The smallest absolute Gasteiger partial charge is 0.410 e. The molecule has 1 atom stereocenters. The number of hydrogen-bond acceptors (Lipinski definition) is 4. The molecule has 1 N–H and O–H groups in total. The van der Waals surface area contributed by atoms with Gasteiger partial charge in [0.25, 0.3) is 0 Å². The number of likely N-dealkylation sites (N-methyl/N-ethyl adjacent to an activating group) is 2. The van der Waals surface area contributed by atoms with Crippen molar-refractivity contribution in [2.75, 3.05) is 41.3 Å². The van der Waals surface area contributed by atoms with Crippen molar-refractivity contribution in [3.63, 3.8) is 0 Å². The van der Waals surface area contributed by atoms with Crippen LogP contribution >= 0.6 is 0 Å². The van der Waals surface area contributed by atoms with Crippen LogP contribution in [0, 0.1) is 5.41 Å². The Hall–Kier alpha value is -2.35. The van der Waals surface area contributed by atoms with Crippen molar-refractivity contribution in [3.05, 3.63) is 18.0 Å². The maximum atomic E-state index is 13.2. The molecule has 1 aromatic heterocycles. The fourth-order valence-electron chi connectivity index (χ4n) is 5.70. The summed E-state index contributed by atoms with van der Waals surface area (Å²) in [5.74, 6) is 0.313. The summed E-state index contributed by atoms with van der Waals surface area (Å²) in [6, 6.07) is 0. The average molecular weight is 489 g/mol. The number of aromatic nitrogens is 2. The molecule has 1 aliphatic heterocycles. The third kappa shape index (κ3) is 5.27. The summed E-state index contributed by atoms with van der Waals surface area (Å²) in [7, 11) is 8.06. The van der Waals surface area contributed by atoms with Gasteiger partial charge in [0.15, 0.2) is 5.69 Å². The Morgan fingerprint density at radius 1 is 1.29 bits per heavy atom. The Kier molecular flexibility index (Phi) is 7.47. The van der Waals surface area contributed by atoms with E-state index < -0.39 is 5.60 Å². The van der Waals surface area contributed by atoms with Gasteiger partial charge in [-0.15, -0.1) is 0 Å². The van der Waals surface area contributed by atoms with E-state index in [1.165, 1.54) is 5.57 Å². The molecular formula is C27H46N5O3+. The molecule has 35 heavy (non-hydrogen) atoms. The van der Waals surface area contributed by atoms with Crippen molar-refractivity contribution < 1.29 is 14.3 Å². The molecule has 2 aliphatic rings. The normalized spacial score (nSPS) is 22.5. The molecule has 1 aromatic rings. The van der Waals surface area contributed by atoms with Gasteiger partial charge in [-0.25, -0.2) is 4.79 Å². The SMILES string of the molecule is CCC1(CC)CC2(CC=C(c3[nH]ncc3[N+](C)(C)CCN(C)C(=O)OC(C)(C)C)CC2)N(C)C1=O. The van der Waals surface area contributed by atoms with Gasteiger partial charge in [0.05, 0.1) is 26.1 Å². The van der Waals surface area contributed by atoms with E-state index in [2.05, 4.69) is 44.2 Å². The van der Waals surface area contributed by atoms with Gasteiger partial charge in [-0.1, -0.05) is 19.9 Å². The highest BCUT2D eigenvalue weighted by Gasteiger charge is 2.56. The van der Waals surface area contributed by atoms with E-state index in [9.17, 15) is 9.59 Å². The van der Waals surface area contributed by atoms with Crippen LogP contribution in [0.4, 0.5) is 10.5 Å². The van der Waals surface area contributed by atoms with E-state index in [1.54, 1.807) is 11.9 Å². The first kappa shape index (κ1) is 27.2. The van der Waals surface area contributed by atoms with Gasteiger partial charge < -0.3 is 14.5 Å². The first-order valence-corrected chi connectivity index (χ1v) is 13.0. The molecule has 1 spiro atoms. The summed E-state index contributed by atoms with van der Waals surface area (Å²) in [5, 5.41) is 7.63. The quantitative estimate of drug-likeness (QED) is 0.558. The minimum Gasteiger partial charge on any atom is -0.444 e. The lowest BCUT2D eigenvalue weighted by atomic mass is 9.71. The number of H-pyrrole nitrogens is 1. The van der Waals surface area contributed by atoms with Crippen LogP contribution in [0.25, 0.3) is 5.57 Å². The molecule has 8 nitrogen and oxygen atoms in total. The Bertz CT molecular complexity index is 970. The molecule has 1 fully saturated rings. The van der Waals surface area contributed by atoms with Crippen LogP contribution < -0.4 is 4.48 Å². The van der Waals surface area contributed by atoms with Gasteiger partial charge in [0, 0.05) is 19.6 Å². The van der Waals surface area contributed by atoms with Crippen LogP contribution in [0.5, 0.6) is 0 Å². The number of allylic oxidation sites excluding steroid dienone is 1. The Morgan fingerprint density at radius 3 is 2.46 bits per heavy atom. The second kappa shape index (κ2) is 9.60. The molecule has 2 amide bonds. The van der Waals surface area contributed by atoms with Crippen LogP contribution in [0.1, 0.15) is 78.8 Å². The summed E-state index contributed by atoms with van der Waals surface area (Å²) >= 11 is 0. The molecular weight excluding hydrogens is 442 g/mol. The number of aromatic amines is 1. The van der Waals surface area contributed by atoms with E-state index in [1.807, 2.05) is 38.9 Å². The number of ether oxygens (including phenoxy) is 1. The van der Waals surface area contributed by atoms with Crippen molar-refractivity contribution in [3.8, 4) is 0 Å². The zero-order valence-electron chi connectivity index (χ0n) is 23.3. The largest absolute Gasteiger partial charge is 0.444 e. The number of nitrogens with zero attached hydrogens (tertiary/aromatic N) is 4. The molecule has 8 heteroatoms. The van der Waals surface area contributed by atoms with Crippen LogP contribution in [0.3, 0.4) is 0 Å². The highest BCUT2D eigenvalue weighted by molar-refractivity contribution is 5.86. The third-order valence-electron chi connectivity index (χ3n) is 8.37. The summed E-state index contributed by atoms with van der Waals surface area (Å²) in [4.78, 5) is 29.2. The molecule has 196 valence electrons. The first-order chi connectivity index (χ1) is 16.2. The summed E-state index contributed by atoms with van der Waals surface area (Å²) in [6.45, 7) is 11.2. The highest BCUT2D eigenvalue weighted by atomic mass is 16.6. The fourth-order valence-corrected chi connectivity index (χ4v) is 5.70. The van der Waals surface area contributed by atoms with E-state index >= 15 is 0 Å². The van der Waals surface area contributed by atoms with E-state index in [4.69, 9.17) is 4.74 Å². The van der Waals surface area contributed by atoms with Crippen molar-refractivity contribution in [2.24, 2.45) is 5.41 Å². The lowest BCUT2D eigenvalue weighted by Gasteiger charge is -2.39. The van der Waals surface area contributed by atoms with E-state index in [-0.39, 0.29) is 17.0 Å². The average Bonchev–Trinajstić information content (AvgIpc) is 3.37. The maximum absolute atomic E-state index is 13.2. The molecule has 1 aliphatic carbocycles. The third-order valence-corrected chi connectivity index (χ3v) is 8.37. The fraction of sp³-hybridized carbons (Fsp3) is 0.741. The van der Waals surface area contributed by atoms with Crippen molar-refractivity contribution in [1.82, 2.24) is 24.5 Å². The van der Waals surface area contributed by atoms with E-state index in [0.29, 0.717) is 16.9 Å². The predicted molar refractivity (Wildman–Crippen MR) is 141 cm³/mol. The number of amides is 2. The molecule has 2 heterocycles. The molecule has 0 aromatic carbocycles. The van der Waals surface area contributed by atoms with Gasteiger partial charge >= 0.3 is 6.09 Å². The summed E-state index contributed by atoms with van der Waals surface area (Å²) in [5.41, 5.74) is 2.64. The Labute approximate surface area is 211 Å². The number of hydrogen-bond donors (Lipinski definition) is 1. The zero-order valence-corrected chi connectivity index (χ0v) is 23.3. The first-order valence-electron chi connectivity index (χ1n) is 13.0. The van der Waals surface area contributed by atoms with Crippen molar-refractivity contribution in [1.29, 1.82) is 0 Å². The molecule has 0 bridgehead atoms. The van der Waals surface area contributed by atoms with Gasteiger partial charge in [0.1, 0.15) is 24.0 Å². The Balaban J connectivity index is 1.73.